The number of nitrogens with one attached hydrogen (secondary N) is 2. The van der Waals surface area contributed by atoms with Gasteiger partial charge in [-0.25, -0.2) is 0 Å². The second-order valence-corrected chi connectivity index (χ2v) is 6.44. The molecule has 21 heavy (non-hydrogen) atoms. The number of thiophene rings is 2. The fourth-order valence-corrected chi connectivity index (χ4v) is 3.47. The largest absolute Gasteiger partial charge is 0.382 e. The van der Waals surface area contributed by atoms with Crippen molar-refractivity contribution < 1.29 is 14.7 Å². The third-order valence-electron chi connectivity index (χ3n) is 2.73. The molecule has 2 rings (SSSR count). The molecule has 0 saturated carbocycles. The molecular formula is C14H16N2O3S2. The number of aliphatic hydroxyl groups excluding tert-OH is 1. The van der Waals surface area contributed by atoms with Gasteiger partial charge in [-0.05, 0) is 30.5 Å². The van der Waals surface area contributed by atoms with Crippen molar-refractivity contribution in [3.63, 3.8) is 0 Å². The molecule has 0 fully saturated rings. The quantitative estimate of drug-likeness (QED) is 0.732. The lowest BCUT2D eigenvalue weighted by molar-refractivity contribution is -0.139. The molecule has 2 aromatic rings. The fraction of sp³-hybridized carbons (Fsp3) is 0.286. The SMILES string of the molecule is CCNC(=O)C(=O)NCc1ccc(C(O)c2cccs2)s1. The zero-order chi connectivity index (χ0) is 15.2. The van der Waals surface area contributed by atoms with E-state index in [4.69, 9.17) is 0 Å². The predicted molar refractivity (Wildman–Crippen MR) is 83.2 cm³/mol. The van der Waals surface area contributed by atoms with Crippen LogP contribution in [-0.2, 0) is 16.1 Å². The first-order valence-corrected chi connectivity index (χ1v) is 8.17. The molecule has 0 aliphatic carbocycles. The maximum atomic E-state index is 11.5. The summed E-state index contributed by atoms with van der Waals surface area (Å²) in [6, 6.07) is 7.45. The van der Waals surface area contributed by atoms with E-state index < -0.39 is 17.9 Å². The van der Waals surface area contributed by atoms with Crippen LogP contribution in [0.15, 0.2) is 29.6 Å². The standard InChI is InChI=1S/C14H16N2O3S2/c1-2-15-13(18)14(19)16-8-9-5-6-11(21-9)12(17)10-4-3-7-20-10/h3-7,12,17H,2,8H2,1H3,(H,15,18)(H,16,19). The predicted octanol–water partition coefficient (Wildman–Crippen LogP) is 1.64. The Kier molecular flexibility index (Phi) is 5.49. The lowest BCUT2D eigenvalue weighted by atomic mass is 10.2. The lowest BCUT2D eigenvalue weighted by Gasteiger charge is -2.05. The Hall–Kier alpha value is -1.70. The Morgan fingerprint density at radius 2 is 1.95 bits per heavy atom. The highest BCUT2D eigenvalue weighted by molar-refractivity contribution is 7.12. The van der Waals surface area contributed by atoms with Crippen LogP contribution in [-0.4, -0.2) is 23.5 Å². The minimum absolute atomic E-state index is 0.276. The molecule has 5 nitrogen and oxygen atoms in total. The van der Waals surface area contributed by atoms with Crippen LogP contribution < -0.4 is 10.6 Å². The summed E-state index contributed by atoms with van der Waals surface area (Å²) in [5, 5.41) is 17.1. The van der Waals surface area contributed by atoms with E-state index in [0.717, 1.165) is 14.6 Å². The Labute approximate surface area is 130 Å². The van der Waals surface area contributed by atoms with Crippen molar-refractivity contribution in [2.75, 3.05) is 6.54 Å². The number of rotatable bonds is 5. The van der Waals surface area contributed by atoms with E-state index in [2.05, 4.69) is 10.6 Å². The molecular weight excluding hydrogens is 308 g/mol. The maximum absolute atomic E-state index is 11.5. The average molecular weight is 324 g/mol. The first-order valence-electron chi connectivity index (χ1n) is 6.48. The highest BCUT2D eigenvalue weighted by atomic mass is 32.1. The van der Waals surface area contributed by atoms with Gasteiger partial charge in [0.25, 0.3) is 0 Å². The van der Waals surface area contributed by atoms with Crippen LogP contribution in [0.5, 0.6) is 0 Å². The third-order valence-corrected chi connectivity index (χ3v) is 4.79. The number of carbonyl (C=O) groups excluding carboxylic acids is 2. The van der Waals surface area contributed by atoms with Gasteiger partial charge in [0.1, 0.15) is 6.10 Å². The van der Waals surface area contributed by atoms with Gasteiger partial charge in [-0.1, -0.05) is 6.07 Å². The van der Waals surface area contributed by atoms with Gasteiger partial charge in [0.15, 0.2) is 0 Å². The van der Waals surface area contributed by atoms with Crippen molar-refractivity contribution in [1.82, 2.24) is 10.6 Å². The molecule has 0 saturated heterocycles. The molecule has 0 spiro atoms. The summed E-state index contributed by atoms with van der Waals surface area (Å²) >= 11 is 2.91. The van der Waals surface area contributed by atoms with Crippen LogP contribution in [0.2, 0.25) is 0 Å². The monoisotopic (exact) mass is 324 g/mol. The van der Waals surface area contributed by atoms with Crippen molar-refractivity contribution in [3.05, 3.63) is 44.3 Å². The molecule has 0 aliphatic rings. The average Bonchev–Trinajstić information content (AvgIpc) is 3.15. The number of hydrogen-bond donors (Lipinski definition) is 3. The van der Waals surface area contributed by atoms with Crippen LogP contribution >= 0.6 is 22.7 Å². The first kappa shape index (κ1) is 15.7. The number of likely N-dealkylation sites (N-methyl/N-ethyl adjacent to an activating group) is 1. The fourth-order valence-electron chi connectivity index (χ4n) is 1.71. The van der Waals surface area contributed by atoms with Gasteiger partial charge in [-0.3, -0.25) is 9.59 Å². The zero-order valence-electron chi connectivity index (χ0n) is 11.5. The Balaban J connectivity index is 1.92. The van der Waals surface area contributed by atoms with E-state index >= 15 is 0 Å². The van der Waals surface area contributed by atoms with Crippen LogP contribution in [0.25, 0.3) is 0 Å². The molecule has 2 heterocycles. The molecule has 7 heteroatoms. The summed E-state index contributed by atoms with van der Waals surface area (Å²) < 4.78 is 0. The zero-order valence-corrected chi connectivity index (χ0v) is 13.1. The topological polar surface area (TPSA) is 78.4 Å². The smallest absolute Gasteiger partial charge is 0.309 e. The molecule has 112 valence electrons. The van der Waals surface area contributed by atoms with E-state index in [1.807, 2.05) is 29.6 Å². The van der Waals surface area contributed by atoms with Crippen LogP contribution in [0.3, 0.4) is 0 Å². The summed E-state index contributed by atoms with van der Waals surface area (Å²) in [6.07, 6.45) is -0.636. The second kappa shape index (κ2) is 7.35. The van der Waals surface area contributed by atoms with Crippen molar-refractivity contribution in [2.24, 2.45) is 0 Å². The van der Waals surface area contributed by atoms with Gasteiger partial charge in [-0.2, -0.15) is 0 Å². The number of amides is 2. The third kappa shape index (κ3) is 4.13. The van der Waals surface area contributed by atoms with Crippen molar-refractivity contribution >= 4 is 34.5 Å². The lowest BCUT2D eigenvalue weighted by Crippen LogP contribution is -2.39. The normalized spacial score (nSPS) is 11.9. The first-order chi connectivity index (χ1) is 10.1. The Morgan fingerprint density at radius 1 is 1.19 bits per heavy atom. The minimum atomic E-state index is -0.648. The molecule has 1 atom stereocenters. The summed E-state index contributed by atoms with van der Waals surface area (Å²) in [5.41, 5.74) is 0. The molecule has 3 N–H and O–H groups in total. The van der Waals surface area contributed by atoms with Gasteiger partial charge in [0.2, 0.25) is 0 Å². The highest BCUT2D eigenvalue weighted by Crippen LogP contribution is 2.30. The van der Waals surface area contributed by atoms with E-state index in [-0.39, 0.29) is 6.54 Å². The molecule has 0 bridgehead atoms. The second-order valence-electron chi connectivity index (χ2n) is 4.26. The van der Waals surface area contributed by atoms with Crippen molar-refractivity contribution in [3.8, 4) is 0 Å². The number of aliphatic hydroxyl groups is 1. The molecule has 0 aromatic carbocycles. The van der Waals surface area contributed by atoms with Crippen molar-refractivity contribution in [1.29, 1.82) is 0 Å². The van der Waals surface area contributed by atoms with Gasteiger partial charge in [0, 0.05) is 21.2 Å². The van der Waals surface area contributed by atoms with Crippen LogP contribution in [0, 0.1) is 0 Å². The van der Waals surface area contributed by atoms with E-state index in [0.29, 0.717) is 6.54 Å². The van der Waals surface area contributed by atoms with Gasteiger partial charge in [0.05, 0.1) is 6.54 Å². The molecule has 2 aromatic heterocycles. The van der Waals surface area contributed by atoms with Crippen LogP contribution in [0.4, 0.5) is 0 Å². The van der Waals surface area contributed by atoms with Gasteiger partial charge in [-0.15, -0.1) is 22.7 Å². The molecule has 0 radical (unpaired) electrons. The van der Waals surface area contributed by atoms with Gasteiger partial charge >= 0.3 is 11.8 Å². The summed E-state index contributed by atoms with van der Waals surface area (Å²) in [5.74, 6) is -1.28. The minimum Gasteiger partial charge on any atom is -0.382 e. The van der Waals surface area contributed by atoms with Crippen molar-refractivity contribution in [2.45, 2.75) is 19.6 Å². The van der Waals surface area contributed by atoms with Crippen LogP contribution in [0.1, 0.15) is 27.7 Å². The van der Waals surface area contributed by atoms with E-state index in [1.165, 1.54) is 22.7 Å². The highest BCUT2D eigenvalue weighted by Gasteiger charge is 2.15. The molecule has 2 amide bonds. The number of hydrogen-bond acceptors (Lipinski definition) is 5. The van der Waals surface area contributed by atoms with Gasteiger partial charge < -0.3 is 15.7 Å². The summed E-state index contributed by atoms with van der Waals surface area (Å²) in [7, 11) is 0. The Morgan fingerprint density at radius 3 is 2.62 bits per heavy atom. The molecule has 1 unspecified atom stereocenters. The molecule has 0 aliphatic heterocycles. The Bertz CT molecular complexity index is 608. The summed E-state index contributed by atoms with van der Waals surface area (Å²) in [6.45, 7) is 2.45. The van der Waals surface area contributed by atoms with E-state index in [1.54, 1.807) is 6.92 Å². The maximum Gasteiger partial charge on any atom is 0.309 e. The summed E-state index contributed by atoms with van der Waals surface area (Å²) in [4.78, 5) is 25.3. The van der Waals surface area contributed by atoms with E-state index in [9.17, 15) is 14.7 Å². The number of carbonyl (C=O) groups is 2.